The molecule has 0 spiro atoms. The topological polar surface area (TPSA) is 34.1 Å². The number of hydrogen-bond donors (Lipinski definition) is 0. The van der Waals surface area contributed by atoms with Crippen molar-refractivity contribution in [2.75, 3.05) is 12.5 Å². The van der Waals surface area contributed by atoms with Crippen LogP contribution in [0.1, 0.15) is 0 Å². The van der Waals surface area contributed by atoms with E-state index in [2.05, 4.69) is 0 Å². The van der Waals surface area contributed by atoms with Gasteiger partial charge in [-0.3, -0.25) is 0 Å². The summed E-state index contributed by atoms with van der Waals surface area (Å²) in [5.74, 6) is 0. The third kappa shape index (κ3) is 189. The number of hydrogen-bond acceptors (Lipinski definition) is 2. The third-order valence-electron chi connectivity index (χ3n) is 0. The van der Waals surface area contributed by atoms with Gasteiger partial charge in [0.25, 0.3) is 0 Å². The molecule has 0 saturated carbocycles. The quantitative estimate of drug-likeness (QED) is 0.413. The molecule has 0 N–H and O–H groups in total. The van der Waals surface area contributed by atoms with E-state index in [4.69, 9.17) is 0 Å². The molecule has 0 bridgehead atoms. The second-order valence-corrected chi connectivity index (χ2v) is 3.43. The molecule has 0 rings (SSSR count). The fraction of sp³-hybridized carbons (Fsp3) is 1.00. The minimum absolute atomic E-state index is 0. The SMILES string of the molecule is CS(C)(=O)=O.[Br-].[Cu+]. The van der Waals surface area contributed by atoms with Gasteiger partial charge in [0.1, 0.15) is 9.84 Å². The maximum Gasteiger partial charge on any atom is 1.00 e. The van der Waals surface area contributed by atoms with Crippen LogP contribution in [0.2, 0.25) is 0 Å². The molecule has 0 aromatic carbocycles. The maximum absolute atomic E-state index is 9.63. The van der Waals surface area contributed by atoms with Crippen LogP contribution in [0.3, 0.4) is 0 Å². The minimum Gasteiger partial charge on any atom is -1.00 e. The summed E-state index contributed by atoms with van der Waals surface area (Å²) in [6.45, 7) is 0. The third-order valence-corrected chi connectivity index (χ3v) is 0. The normalized spacial score (nSPS) is 8.29. The molecule has 5 heteroatoms. The molecule has 7 heavy (non-hydrogen) atoms. The number of rotatable bonds is 0. The van der Waals surface area contributed by atoms with Crippen molar-refractivity contribution in [3.63, 3.8) is 0 Å². The Morgan fingerprint density at radius 1 is 1.14 bits per heavy atom. The van der Waals surface area contributed by atoms with Crippen LogP contribution in [0, 0.1) is 0 Å². The molecular formula is C2H6BrCuO2S. The first kappa shape index (κ1) is 15.7. The first-order valence-corrected chi connectivity index (χ1v) is 3.45. The van der Waals surface area contributed by atoms with Crippen molar-refractivity contribution < 1.29 is 42.5 Å². The van der Waals surface area contributed by atoms with Gasteiger partial charge in [0.2, 0.25) is 0 Å². The summed E-state index contributed by atoms with van der Waals surface area (Å²) in [6.07, 6.45) is 2.32. The minimum atomic E-state index is -2.67. The zero-order chi connectivity index (χ0) is 4.50. The summed E-state index contributed by atoms with van der Waals surface area (Å²) in [7, 11) is -2.67. The molecule has 0 aromatic heterocycles. The largest absolute Gasteiger partial charge is 1.00 e. The van der Waals surface area contributed by atoms with Crippen molar-refractivity contribution in [3.8, 4) is 0 Å². The van der Waals surface area contributed by atoms with E-state index in [1.807, 2.05) is 0 Å². The summed E-state index contributed by atoms with van der Waals surface area (Å²) in [5, 5.41) is 0. The van der Waals surface area contributed by atoms with Crippen molar-refractivity contribution in [2.45, 2.75) is 0 Å². The first-order valence-electron chi connectivity index (χ1n) is 1.15. The van der Waals surface area contributed by atoms with Crippen LogP contribution in [-0.2, 0) is 26.9 Å². The maximum atomic E-state index is 9.63. The molecule has 0 aromatic rings. The molecule has 0 amide bonds. The van der Waals surface area contributed by atoms with Gasteiger partial charge in [0.05, 0.1) is 0 Å². The van der Waals surface area contributed by atoms with Crippen molar-refractivity contribution in [2.24, 2.45) is 0 Å². The average molecular weight is 238 g/mol. The van der Waals surface area contributed by atoms with E-state index in [1.54, 1.807) is 0 Å². The van der Waals surface area contributed by atoms with Crippen molar-refractivity contribution >= 4 is 9.84 Å². The van der Waals surface area contributed by atoms with Crippen LogP contribution < -0.4 is 17.0 Å². The standard InChI is InChI=1S/C2H6O2S.BrH.Cu/c1-5(2,3)4;;/h1-2H3;1H;/q;;+1/p-1. The monoisotopic (exact) mass is 236 g/mol. The van der Waals surface area contributed by atoms with Crippen LogP contribution in [0.4, 0.5) is 0 Å². The van der Waals surface area contributed by atoms with Crippen LogP contribution in [0.15, 0.2) is 0 Å². The Kier molecular flexibility index (Phi) is 11.4. The van der Waals surface area contributed by atoms with Crippen LogP contribution in [0.5, 0.6) is 0 Å². The number of halogens is 1. The van der Waals surface area contributed by atoms with Gasteiger partial charge < -0.3 is 17.0 Å². The van der Waals surface area contributed by atoms with E-state index in [-0.39, 0.29) is 34.1 Å². The zero-order valence-electron chi connectivity index (χ0n) is 3.90. The molecule has 0 atom stereocenters. The Bertz CT molecular complexity index is 98.9. The molecule has 0 radical (unpaired) electrons. The van der Waals surface area contributed by atoms with Gasteiger partial charge in [-0.25, -0.2) is 8.42 Å². The van der Waals surface area contributed by atoms with Gasteiger partial charge in [-0.05, 0) is 0 Å². The molecule has 0 aliphatic carbocycles. The van der Waals surface area contributed by atoms with Gasteiger partial charge in [0.15, 0.2) is 0 Å². The Hall–Kier alpha value is 0.949. The molecule has 0 saturated heterocycles. The van der Waals surface area contributed by atoms with Crippen LogP contribution >= 0.6 is 0 Å². The van der Waals surface area contributed by atoms with E-state index < -0.39 is 9.84 Å². The van der Waals surface area contributed by atoms with Crippen LogP contribution in [0.25, 0.3) is 0 Å². The molecule has 2 nitrogen and oxygen atoms in total. The van der Waals surface area contributed by atoms with Crippen LogP contribution in [-0.4, -0.2) is 20.9 Å². The summed E-state index contributed by atoms with van der Waals surface area (Å²) in [4.78, 5) is 0. The van der Waals surface area contributed by atoms with Crippen molar-refractivity contribution in [3.05, 3.63) is 0 Å². The predicted octanol–water partition coefficient (Wildman–Crippen LogP) is -3.34. The van der Waals surface area contributed by atoms with E-state index in [9.17, 15) is 8.42 Å². The summed E-state index contributed by atoms with van der Waals surface area (Å²) in [5.41, 5.74) is 0. The zero-order valence-corrected chi connectivity index (χ0v) is 7.25. The number of sulfone groups is 1. The molecule has 0 aliphatic heterocycles. The summed E-state index contributed by atoms with van der Waals surface area (Å²) >= 11 is 0. The van der Waals surface area contributed by atoms with E-state index in [1.165, 1.54) is 0 Å². The van der Waals surface area contributed by atoms with Gasteiger partial charge in [-0.1, -0.05) is 0 Å². The van der Waals surface area contributed by atoms with Gasteiger partial charge >= 0.3 is 17.1 Å². The summed E-state index contributed by atoms with van der Waals surface area (Å²) < 4.78 is 19.3. The van der Waals surface area contributed by atoms with E-state index in [0.717, 1.165) is 12.5 Å². The fourth-order valence-corrected chi connectivity index (χ4v) is 0. The van der Waals surface area contributed by atoms with Gasteiger partial charge in [0, 0.05) is 12.5 Å². The predicted molar refractivity (Wildman–Crippen MR) is 20.8 cm³/mol. The second kappa shape index (κ2) is 5.09. The summed E-state index contributed by atoms with van der Waals surface area (Å²) in [6, 6.07) is 0. The average Bonchev–Trinajstić information content (AvgIpc) is 0.722. The Morgan fingerprint density at radius 2 is 1.14 bits per heavy atom. The molecule has 0 aliphatic rings. The molecular weight excluding hydrogens is 232 g/mol. The second-order valence-electron chi connectivity index (χ2n) is 1.14. The van der Waals surface area contributed by atoms with Crippen molar-refractivity contribution in [1.29, 1.82) is 0 Å². The fourth-order valence-electron chi connectivity index (χ4n) is 0. The first-order chi connectivity index (χ1) is 2.00. The Morgan fingerprint density at radius 3 is 1.14 bits per heavy atom. The molecule has 0 fully saturated rings. The van der Waals surface area contributed by atoms with Gasteiger partial charge in [-0.2, -0.15) is 0 Å². The Labute approximate surface area is 64.8 Å². The van der Waals surface area contributed by atoms with Crippen molar-refractivity contribution in [1.82, 2.24) is 0 Å². The molecule has 0 unspecified atom stereocenters. The van der Waals surface area contributed by atoms with Gasteiger partial charge in [-0.15, -0.1) is 0 Å². The van der Waals surface area contributed by atoms with E-state index in [0.29, 0.717) is 0 Å². The molecule has 50 valence electrons. The molecule has 0 heterocycles. The Balaban J connectivity index is -0.0000000800. The smallest absolute Gasteiger partial charge is 1.00 e. The van der Waals surface area contributed by atoms with E-state index >= 15 is 0 Å².